The molecule has 0 aliphatic heterocycles. The van der Waals surface area contributed by atoms with Crippen LogP contribution >= 0.6 is 0 Å². The lowest BCUT2D eigenvalue weighted by Crippen LogP contribution is -2.62. The molecule has 0 saturated heterocycles. The summed E-state index contributed by atoms with van der Waals surface area (Å²) in [6, 6.07) is 0. The number of ketones is 1. The molecule has 4 rings (SSSR count). The minimum Gasteiger partial charge on any atom is -0.458 e. The van der Waals surface area contributed by atoms with Crippen LogP contribution in [0.3, 0.4) is 0 Å². The fraction of sp³-hybridized carbons (Fsp3) is 0.864. The quantitative estimate of drug-likeness (QED) is 0.610. The minimum absolute atomic E-state index is 0.0892. The summed E-state index contributed by atoms with van der Waals surface area (Å²) < 4.78 is 6.33. The van der Waals surface area contributed by atoms with Crippen molar-refractivity contribution in [1.82, 2.24) is 0 Å². The Morgan fingerprint density at radius 1 is 0.960 bits per heavy atom. The maximum Gasteiger partial charge on any atom is 0.306 e. The molecular weight excluding hydrogens is 312 g/mol. The zero-order chi connectivity index (χ0) is 18.4. The highest BCUT2D eigenvalue weighted by atomic mass is 16.6. The maximum absolute atomic E-state index is 12.8. The molecule has 4 aliphatic carbocycles. The number of Topliss-reactive ketones (excluding diaryl/α,β-unsaturated/α-hetero) is 1. The van der Waals surface area contributed by atoms with Gasteiger partial charge in [0.1, 0.15) is 11.4 Å². The first kappa shape index (κ1) is 18.9. The number of hydrogen-bond acceptors (Lipinski definition) is 3. The first-order chi connectivity index (χ1) is 11.7. The molecule has 25 heavy (non-hydrogen) atoms. The molecule has 3 nitrogen and oxygen atoms in total. The van der Waals surface area contributed by atoms with Gasteiger partial charge in [-0.05, 0) is 81.0 Å². The van der Waals surface area contributed by atoms with E-state index in [2.05, 4.69) is 13.8 Å². The average molecular weight is 348 g/mol. The Labute approximate surface area is 153 Å². The van der Waals surface area contributed by atoms with Crippen molar-refractivity contribution in [2.24, 2.45) is 35.5 Å². The van der Waals surface area contributed by atoms with Crippen LogP contribution in [0, 0.1) is 41.4 Å². The monoisotopic (exact) mass is 347 g/mol. The van der Waals surface area contributed by atoms with E-state index >= 15 is 0 Å². The van der Waals surface area contributed by atoms with E-state index in [1.807, 2.05) is 13.8 Å². The summed E-state index contributed by atoms with van der Waals surface area (Å²) in [7, 11) is 0. The summed E-state index contributed by atoms with van der Waals surface area (Å²) in [5, 5.41) is 0. The second-order valence-electron chi connectivity index (χ2n) is 9.57. The van der Waals surface area contributed by atoms with Crippen LogP contribution in [-0.4, -0.2) is 17.4 Å². The highest BCUT2D eigenvalue weighted by molar-refractivity contribution is 5.81. The summed E-state index contributed by atoms with van der Waals surface area (Å²) in [6.45, 7) is 10.0. The molecule has 1 atom stereocenters. The Balaban J connectivity index is 1.68. The maximum atomic E-state index is 12.8. The molecular formula is C22H35O3. The van der Waals surface area contributed by atoms with Crippen molar-refractivity contribution in [2.45, 2.75) is 85.2 Å². The first-order valence-corrected chi connectivity index (χ1v) is 10.3. The van der Waals surface area contributed by atoms with Crippen molar-refractivity contribution in [3.8, 4) is 0 Å². The van der Waals surface area contributed by atoms with Gasteiger partial charge in [0.25, 0.3) is 0 Å². The predicted octanol–water partition coefficient (Wildman–Crippen LogP) is 4.98. The standard InChI is InChI=1S/C22H35O3/c1-13(2)20(15(5)23)6-7-21(24)25-22(14(3)4)18-9-16-8-17(11-18)12-19(22)10-16/h14,16-20H,6-12H2,1-5H3. The Morgan fingerprint density at radius 2 is 1.48 bits per heavy atom. The van der Waals surface area contributed by atoms with Gasteiger partial charge in [0, 0.05) is 12.3 Å². The summed E-state index contributed by atoms with van der Waals surface area (Å²) in [6.07, 6.45) is 7.34. The van der Waals surface area contributed by atoms with Gasteiger partial charge in [0.05, 0.1) is 0 Å². The van der Waals surface area contributed by atoms with Gasteiger partial charge < -0.3 is 4.74 Å². The zero-order valence-corrected chi connectivity index (χ0v) is 16.6. The van der Waals surface area contributed by atoms with Gasteiger partial charge in [-0.3, -0.25) is 9.59 Å². The molecule has 0 N–H and O–H groups in total. The van der Waals surface area contributed by atoms with Gasteiger partial charge in [-0.2, -0.15) is 0 Å². The topological polar surface area (TPSA) is 43.4 Å². The van der Waals surface area contributed by atoms with E-state index in [1.165, 1.54) is 32.1 Å². The van der Waals surface area contributed by atoms with Crippen LogP contribution in [0.15, 0.2) is 0 Å². The summed E-state index contributed by atoms with van der Waals surface area (Å²) in [5.41, 5.74) is -0.249. The Kier molecular flexibility index (Phi) is 5.33. The lowest BCUT2D eigenvalue weighted by molar-refractivity contribution is -0.225. The van der Waals surface area contributed by atoms with Crippen molar-refractivity contribution in [3.05, 3.63) is 5.92 Å². The SMILES string of the molecule is C[C](C)C(CCC(=O)OC1(C(C)C)C2CC3CC(C2)CC1C3)C(C)=O. The summed E-state index contributed by atoms with van der Waals surface area (Å²) in [5.74, 6) is 4.25. The molecule has 4 aliphatic rings. The molecule has 1 radical (unpaired) electrons. The second kappa shape index (κ2) is 7.04. The van der Waals surface area contributed by atoms with Crippen molar-refractivity contribution in [1.29, 1.82) is 0 Å². The molecule has 1 unspecified atom stereocenters. The Morgan fingerprint density at radius 3 is 1.88 bits per heavy atom. The van der Waals surface area contributed by atoms with Crippen LogP contribution in [0.5, 0.6) is 0 Å². The van der Waals surface area contributed by atoms with E-state index in [-0.39, 0.29) is 23.3 Å². The van der Waals surface area contributed by atoms with E-state index in [0.29, 0.717) is 30.6 Å². The van der Waals surface area contributed by atoms with Gasteiger partial charge in [-0.15, -0.1) is 0 Å². The lowest BCUT2D eigenvalue weighted by atomic mass is 9.47. The van der Waals surface area contributed by atoms with Crippen LogP contribution < -0.4 is 0 Å². The van der Waals surface area contributed by atoms with Crippen LogP contribution in [-0.2, 0) is 14.3 Å². The van der Waals surface area contributed by atoms with Crippen LogP contribution in [0.4, 0.5) is 0 Å². The second-order valence-corrected chi connectivity index (χ2v) is 9.57. The summed E-state index contributed by atoms with van der Waals surface area (Å²) in [4.78, 5) is 24.5. The third-order valence-corrected chi connectivity index (χ3v) is 7.43. The van der Waals surface area contributed by atoms with Crippen molar-refractivity contribution in [3.63, 3.8) is 0 Å². The molecule has 0 amide bonds. The van der Waals surface area contributed by atoms with Gasteiger partial charge in [-0.1, -0.05) is 27.7 Å². The minimum atomic E-state index is -0.249. The third-order valence-electron chi connectivity index (χ3n) is 7.43. The number of ether oxygens (including phenoxy) is 1. The number of esters is 1. The van der Waals surface area contributed by atoms with Crippen molar-refractivity contribution in [2.75, 3.05) is 0 Å². The van der Waals surface area contributed by atoms with Gasteiger partial charge >= 0.3 is 5.97 Å². The largest absolute Gasteiger partial charge is 0.458 e. The van der Waals surface area contributed by atoms with E-state index in [0.717, 1.165) is 17.8 Å². The van der Waals surface area contributed by atoms with Gasteiger partial charge in [-0.25, -0.2) is 0 Å². The van der Waals surface area contributed by atoms with E-state index < -0.39 is 0 Å². The van der Waals surface area contributed by atoms with Crippen LogP contribution in [0.25, 0.3) is 0 Å². The Hall–Kier alpha value is -0.860. The fourth-order valence-electron chi connectivity index (χ4n) is 6.56. The smallest absolute Gasteiger partial charge is 0.306 e. The molecule has 141 valence electrons. The average Bonchev–Trinajstić information content (AvgIpc) is 2.49. The van der Waals surface area contributed by atoms with Crippen molar-refractivity contribution >= 4 is 11.8 Å². The number of rotatable bonds is 7. The number of hydrogen-bond donors (Lipinski definition) is 0. The number of carbonyl (C=O) groups is 2. The molecule has 0 spiro atoms. The molecule has 3 heteroatoms. The Bertz CT molecular complexity index is 491. The lowest BCUT2D eigenvalue weighted by Gasteiger charge is -2.61. The molecule has 4 fully saturated rings. The predicted molar refractivity (Wildman–Crippen MR) is 98.7 cm³/mol. The van der Waals surface area contributed by atoms with E-state index in [1.54, 1.807) is 6.92 Å². The van der Waals surface area contributed by atoms with E-state index in [4.69, 9.17) is 4.74 Å². The molecule has 0 aromatic carbocycles. The number of carbonyl (C=O) groups excluding carboxylic acids is 2. The third kappa shape index (κ3) is 3.40. The fourth-order valence-corrected chi connectivity index (χ4v) is 6.56. The highest BCUT2D eigenvalue weighted by Gasteiger charge is 2.60. The zero-order valence-electron chi connectivity index (χ0n) is 16.6. The molecule has 0 aromatic heterocycles. The van der Waals surface area contributed by atoms with Crippen molar-refractivity contribution < 1.29 is 14.3 Å². The van der Waals surface area contributed by atoms with E-state index in [9.17, 15) is 9.59 Å². The molecule has 0 heterocycles. The first-order valence-electron chi connectivity index (χ1n) is 10.3. The molecule has 0 aromatic rings. The van der Waals surface area contributed by atoms with Crippen LogP contribution in [0.2, 0.25) is 0 Å². The normalized spacial score (nSPS) is 37.6. The van der Waals surface area contributed by atoms with Gasteiger partial charge in [0.2, 0.25) is 0 Å². The molecule has 4 bridgehead atoms. The molecule has 4 saturated carbocycles. The van der Waals surface area contributed by atoms with Gasteiger partial charge in [0.15, 0.2) is 0 Å². The van der Waals surface area contributed by atoms with Crippen LogP contribution in [0.1, 0.15) is 79.6 Å². The summed E-state index contributed by atoms with van der Waals surface area (Å²) >= 11 is 0. The highest BCUT2D eigenvalue weighted by Crippen LogP contribution is 2.61.